The van der Waals surface area contributed by atoms with Gasteiger partial charge in [0.1, 0.15) is 5.82 Å². The second kappa shape index (κ2) is 7.35. The minimum atomic E-state index is -0.269. The summed E-state index contributed by atoms with van der Waals surface area (Å²) in [4.78, 5) is 0. The number of rotatable bonds is 6. The lowest BCUT2D eigenvalue weighted by Crippen LogP contribution is -2.03. The van der Waals surface area contributed by atoms with Gasteiger partial charge in [0.25, 0.3) is 0 Å². The van der Waals surface area contributed by atoms with Crippen LogP contribution in [0.2, 0.25) is 0 Å². The van der Waals surface area contributed by atoms with E-state index in [2.05, 4.69) is 21.2 Å². The van der Waals surface area contributed by atoms with Crippen molar-refractivity contribution in [1.82, 2.24) is 0 Å². The first kappa shape index (κ1) is 16.4. The number of methoxy groups -OCH3 is 3. The smallest absolute Gasteiger partial charge is 0.203 e. The van der Waals surface area contributed by atoms with Gasteiger partial charge in [0.15, 0.2) is 11.5 Å². The van der Waals surface area contributed by atoms with Gasteiger partial charge in [-0.2, -0.15) is 0 Å². The Bertz CT molecular complexity index is 639. The summed E-state index contributed by atoms with van der Waals surface area (Å²) >= 11 is 3.24. The van der Waals surface area contributed by atoms with Crippen LogP contribution in [0, 0.1) is 5.82 Å². The van der Waals surface area contributed by atoms with Gasteiger partial charge in [-0.25, -0.2) is 4.39 Å². The number of nitrogens with one attached hydrogen (secondary N) is 1. The predicted molar refractivity (Wildman–Crippen MR) is 87.5 cm³/mol. The molecule has 0 heterocycles. The van der Waals surface area contributed by atoms with Crippen LogP contribution in [0.4, 0.5) is 10.1 Å². The summed E-state index contributed by atoms with van der Waals surface area (Å²) in [5, 5.41) is 3.15. The first-order valence-corrected chi connectivity index (χ1v) is 7.36. The Hall–Kier alpha value is -1.95. The van der Waals surface area contributed by atoms with Crippen molar-refractivity contribution in [2.24, 2.45) is 0 Å². The van der Waals surface area contributed by atoms with Crippen LogP contribution in [0.3, 0.4) is 0 Å². The molecule has 0 radical (unpaired) electrons. The SMILES string of the molecule is COc1cc(NCc2ccc(Br)cc2F)cc(OC)c1OC. The Morgan fingerprint density at radius 3 is 2.14 bits per heavy atom. The minimum absolute atomic E-state index is 0.269. The van der Waals surface area contributed by atoms with Gasteiger partial charge in [-0.3, -0.25) is 0 Å². The van der Waals surface area contributed by atoms with Crippen LogP contribution in [0.5, 0.6) is 17.2 Å². The van der Waals surface area contributed by atoms with Crippen molar-refractivity contribution in [2.45, 2.75) is 6.54 Å². The molecule has 2 aromatic rings. The maximum absolute atomic E-state index is 13.8. The van der Waals surface area contributed by atoms with Gasteiger partial charge >= 0.3 is 0 Å². The zero-order valence-electron chi connectivity index (χ0n) is 12.6. The highest BCUT2D eigenvalue weighted by Crippen LogP contribution is 2.40. The lowest BCUT2D eigenvalue weighted by molar-refractivity contribution is 0.324. The summed E-state index contributed by atoms with van der Waals surface area (Å²) in [5.74, 6) is 1.33. The Kier molecular flexibility index (Phi) is 5.49. The molecule has 0 spiro atoms. The molecule has 22 heavy (non-hydrogen) atoms. The van der Waals surface area contributed by atoms with Gasteiger partial charge < -0.3 is 19.5 Å². The molecule has 0 aliphatic carbocycles. The van der Waals surface area contributed by atoms with Gasteiger partial charge in [0.2, 0.25) is 5.75 Å². The fraction of sp³-hybridized carbons (Fsp3) is 0.250. The maximum atomic E-state index is 13.8. The fourth-order valence-electron chi connectivity index (χ4n) is 2.05. The molecule has 0 aliphatic rings. The van der Waals surface area contributed by atoms with Crippen molar-refractivity contribution in [3.63, 3.8) is 0 Å². The molecule has 4 nitrogen and oxygen atoms in total. The van der Waals surface area contributed by atoms with Crippen LogP contribution in [0.15, 0.2) is 34.8 Å². The molecule has 118 valence electrons. The highest BCUT2D eigenvalue weighted by atomic mass is 79.9. The quantitative estimate of drug-likeness (QED) is 0.826. The molecule has 0 unspecified atom stereocenters. The van der Waals surface area contributed by atoms with Gasteiger partial charge in [-0.1, -0.05) is 22.0 Å². The Balaban J connectivity index is 2.22. The normalized spacial score (nSPS) is 10.2. The van der Waals surface area contributed by atoms with Gasteiger partial charge in [-0.05, 0) is 12.1 Å². The van der Waals surface area contributed by atoms with E-state index in [9.17, 15) is 4.39 Å². The molecule has 6 heteroatoms. The Morgan fingerprint density at radius 2 is 1.64 bits per heavy atom. The van der Waals surface area contributed by atoms with E-state index in [4.69, 9.17) is 14.2 Å². The van der Waals surface area contributed by atoms with Gasteiger partial charge in [0, 0.05) is 34.4 Å². The summed E-state index contributed by atoms with van der Waals surface area (Å²) in [7, 11) is 4.65. The van der Waals surface area contributed by atoms with Crippen molar-refractivity contribution in [3.8, 4) is 17.2 Å². The fourth-order valence-corrected chi connectivity index (χ4v) is 2.38. The highest BCUT2D eigenvalue weighted by molar-refractivity contribution is 9.10. The van der Waals surface area contributed by atoms with Crippen molar-refractivity contribution in [3.05, 3.63) is 46.2 Å². The van der Waals surface area contributed by atoms with E-state index in [1.54, 1.807) is 45.6 Å². The summed E-state index contributed by atoms with van der Waals surface area (Å²) in [6.45, 7) is 0.345. The lowest BCUT2D eigenvalue weighted by Gasteiger charge is -2.15. The van der Waals surface area contributed by atoms with Crippen LogP contribution in [0.25, 0.3) is 0 Å². The molecule has 0 atom stereocenters. The third-order valence-corrected chi connectivity index (χ3v) is 3.66. The minimum Gasteiger partial charge on any atom is -0.493 e. The first-order chi connectivity index (χ1) is 10.6. The molecule has 0 saturated carbocycles. The second-order valence-electron chi connectivity index (χ2n) is 4.50. The average molecular weight is 370 g/mol. The standard InChI is InChI=1S/C16H17BrFNO3/c1-20-14-7-12(8-15(21-2)16(14)22-3)19-9-10-4-5-11(17)6-13(10)18/h4-8,19H,9H2,1-3H3. The number of hydrogen-bond acceptors (Lipinski definition) is 4. The monoisotopic (exact) mass is 369 g/mol. The third kappa shape index (κ3) is 3.62. The number of halogens is 2. The molecule has 0 aromatic heterocycles. The second-order valence-corrected chi connectivity index (χ2v) is 5.42. The third-order valence-electron chi connectivity index (χ3n) is 3.16. The van der Waals surface area contributed by atoms with Gasteiger partial charge in [-0.15, -0.1) is 0 Å². The molecule has 0 aliphatic heterocycles. The van der Waals surface area contributed by atoms with E-state index in [-0.39, 0.29) is 5.82 Å². The van der Waals surface area contributed by atoms with Gasteiger partial charge in [0.05, 0.1) is 21.3 Å². The van der Waals surface area contributed by atoms with Crippen LogP contribution in [-0.2, 0) is 6.54 Å². The topological polar surface area (TPSA) is 39.7 Å². The summed E-state index contributed by atoms with van der Waals surface area (Å²) < 4.78 is 30.4. The van der Waals surface area contributed by atoms with E-state index >= 15 is 0 Å². The van der Waals surface area contributed by atoms with E-state index < -0.39 is 0 Å². The number of hydrogen-bond donors (Lipinski definition) is 1. The Morgan fingerprint density at radius 1 is 1.00 bits per heavy atom. The Labute approximate surface area is 137 Å². The molecule has 2 rings (SSSR count). The zero-order valence-corrected chi connectivity index (χ0v) is 14.2. The van der Waals surface area contributed by atoms with E-state index in [1.807, 2.05) is 0 Å². The molecule has 0 saturated heterocycles. The zero-order chi connectivity index (χ0) is 16.1. The largest absolute Gasteiger partial charge is 0.493 e. The van der Waals surface area contributed by atoms with Crippen molar-refractivity contribution in [1.29, 1.82) is 0 Å². The molecule has 2 aromatic carbocycles. The van der Waals surface area contributed by atoms with E-state index in [1.165, 1.54) is 6.07 Å². The molecule has 0 fully saturated rings. The maximum Gasteiger partial charge on any atom is 0.203 e. The molecule has 0 bridgehead atoms. The van der Waals surface area contributed by atoms with E-state index in [0.29, 0.717) is 33.8 Å². The molecule has 1 N–H and O–H groups in total. The predicted octanol–water partition coefficient (Wildman–Crippen LogP) is 4.23. The van der Waals surface area contributed by atoms with Crippen LogP contribution in [-0.4, -0.2) is 21.3 Å². The van der Waals surface area contributed by atoms with Crippen molar-refractivity contribution < 1.29 is 18.6 Å². The summed E-state index contributed by atoms with van der Waals surface area (Å²) in [5.41, 5.74) is 1.31. The van der Waals surface area contributed by atoms with Crippen molar-refractivity contribution >= 4 is 21.6 Å². The van der Waals surface area contributed by atoms with Crippen LogP contribution in [0.1, 0.15) is 5.56 Å². The van der Waals surface area contributed by atoms with Crippen LogP contribution < -0.4 is 19.5 Å². The van der Waals surface area contributed by atoms with Crippen molar-refractivity contribution in [2.75, 3.05) is 26.6 Å². The number of ether oxygens (including phenoxy) is 3. The molecular formula is C16H17BrFNO3. The summed E-state index contributed by atoms with van der Waals surface area (Å²) in [6, 6.07) is 8.52. The number of anilines is 1. The molecular weight excluding hydrogens is 353 g/mol. The molecule has 0 amide bonds. The summed E-state index contributed by atoms with van der Waals surface area (Å²) in [6.07, 6.45) is 0. The van der Waals surface area contributed by atoms with Crippen LogP contribution >= 0.6 is 15.9 Å². The average Bonchev–Trinajstić information content (AvgIpc) is 2.52. The highest BCUT2D eigenvalue weighted by Gasteiger charge is 2.13. The first-order valence-electron chi connectivity index (χ1n) is 6.56. The lowest BCUT2D eigenvalue weighted by atomic mass is 10.2. The number of benzene rings is 2. The van der Waals surface area contributed by atoms with E-state index in [0.717, 1.165) is 5.69 Å².